The molecule has 2 nitrogen and oxygen atoms in total. The topological polar surface area (TPSA) is 51.7 Å². The maximum atomic E-state index is 7.00. The highest BCUT2D eigenvalue weighted by atomic mass is 16.2. The molecule has 1 rings (SSSR count). The number of hydrogen-bond acceptors (Lipinski definition) is 1. The van der Waals surface area contributed by atoms with Crippen LogP contribution in [0.5, 0.6) is 0 Å². The van der Waals surface area contributed by atoms with E-state index in [0.717, 1.165) is 7.11 Å². The molecule has 0 heterocycles. The van der Waals surface area contributed by atoms with Crippen LogP contribution >= 0.6 is 0 Å². The van der Waals surface area contributed by atoms with E-state index in [4.69, 9.17) is 5.11 Å². The molecule has 15 heavy (non-hydrogen) atoms. The van der Waals surface area contributed by atoms with Gasteiger partial charge in [0.15, 0.2) is 0 Å². The second-order valence-electron chi connectivity index (χ2n) is 3.07. The lowest BCUT2D eigenvalue weighted by atomic mass is 10.0. The summed E-state index contributed by atoms with van der Waals surface area (Å²) in [5.41, 5.74) is 2.76. The first kappa shape index (κ1) is 19.7. The lowest BCUT2D eigenvalue weighted by Gasteiger charge is -2.03. The fraction of sp³-hybridized carbons (Fsp3) is 0.538. The predicted molar refractivity (Wildman–Crippen MR) is 68.4 cm³/mol. The molecule has 0 aliphatic carbocycles. The molecule has 0 fully saturated rings. The molecule has 1 aromatic carbocycles. The molecule has 0 amide bonds. The molecular formula is C13H26O2. The Kier molecular flexibility index (Phi) is 17.2. The van der Waals surface area contributed by atoms with Gasteiger partial charge in [-0.15, -0.1) is 0 Å². The highest BCUT2D eigenvalue weighted by molar-refractivity contribution is 5.23. The fourth-order valence-corrected chi connectivity index (χ4v) is 0.951. The van der Waals surface area contributed by atoms with E-state index in [1.165, 1.54) is 11.1 Å². The first-order valence-electron chi connectivity index (χ1n) is 5.21. The van der Waals surface area contributed by atoms with Crippen molar-refractivity contribution in [1.29, 1.82) is 0 Å². The van der Waals surface area contributed by atoms with Gasteiger partial charge in [-0.2, -0.15) is 0 Å². The van der Waals surface area contributed by atoms with Crippen LogP contribution in [0.1, 0.15) is 44.7 Å². The van der Waals surface area contributed by atoms with E-state index in [2.05, 4.69) is 45.0 Å². The molecule has 0 aliphatic heterocycles. The minimum Gasteiger partial charge on any atom is -0.412 e. The number of rotatable bonds is 1. The van der Waals surface area contributed by atoms with Crippen molar-refractivity contribution in [2.24, 2.45) is 0 Å². The molecule has 0 aromatic heterocycles. The van der Waals surface area contributed by atoms with Gasteiger partial charge in [-0.1, -0.05) is 57.5 Å². The molecule has 3 N–H and O–H groups in total. The van der Waals surface area contributed by atoms with Crippen molar-refractivity contribution in [1.82, 2.24) is 0 Å². The lowest BCUT2D eigenvalue weighted by Crippen LogP contribution is -1.85. The highest BCUT2D eigenvalue weighted by Gasteiger charge is 1.95. The summed E-state index contributed by atoms with van der Waals surface area (Å²) in [6, 6.07) is 8.71. The number of aryl methyl sites for hydroxylation is 1. The summed E-state index contributed by atoms with van der Waals surface area (Å²) in [5.74, 6) is 0.653. The zero-order chi connectivity index (χ0) is 11.6. The van der Waals surface area contributed by atoms with E-state index in [0.29, 0.717) is 5.92 Å². The van der Waals surface area contributed by atoms with Gasteiger partial charge in [-0.25, -0.2) is 0 Å². The molecule has 0 spiro atoms. The van der Waals surface area contributed by atoms with Crippen LogP contribution in [0.15, 0.2) is 24.3 Å². The minimum atomic E-state index is 0. The van der Waals surface area contributed by atoms with E-state index in [1.54, 1.807) is 0 Å². The summed E-state index contributed by atoms with van der Waals surface area (Å²) in [5, 5.41) is 7.00. The van der Waals surface area contributed by atoms with Gasteiger partial charge in [0, 0.05) is 7.11 Å². The Bertz CT molecular complexity index is 202. The zero-order valence-corrected chi connectivity index (χ0v) is 10.8. The Morgan fingerprint density at radius 2 is 1.27 bits per heavy atom. The van der Waals surface area contributed by atoms with Crippen LogP contribution in [0.25, 0.3) is 0 Å². The van der Waals surface area contributed by atoms with E-state index < -0.39 is 0 Å². The molecule has 90 valence electrons. The monoisotopic (exact) mass is 214 g/mol. The average molecular weight is 214 g/mol. The molecule has 0 unspecified atom stereocenters. The maximum absolute atomic E-state index is 7.00. The second-order valence-corrected chi connectivity index (χ2v) is 3.07. The Hall–Kier alpha value is -0.860. The van der Waals surface area contributed by atoms with Crippen LogP contribution in [0.2, 0.25) is 0 Å². The van der Waals surface area contributed by atoms with Crippen LogP contribution < -0.4 is 0 Å². The van der Waals surface area contributed by atoms with Crippen LogP contribution in [0.3, 0.4) is 0 Å². The Morgan fingerprint density at radius 1 is 0.933 bits per heavy atom. The largest absolute Gasteiger partial charge is 0.412 e. The summed E-state index contributed by atoms with van der Waals surface area (Å²) in [7, 11) is 1.00. The summed E-state index contributed by atoms with van der Waals surface area (Å²) in [6.07, 6.45) is 0. The Morgan fingerprint density at radius 3 is 1.53 bits per heavy atom. The lowest BCUT2D eigenvalue weighted by molar-refractivity contribution is 0.399. The third-order valence-corrected chi connectivity index (χ3v) is 1.74. The van der Waals surface area contributed by atoms with Crippen molar-refractivity contribution in [2.75, 3.05) is 7.11 Å². The molecule has 0 saturated heterocycles. The summed E-state index contributed by atoms with van der Waals surface area (Å²) in [4.78, 5) is 0. The summed E-state index contributed by atoms with van der Waals surface area (Å²) in [6.45, 7) is 10.5. The quantitative estimate of drug-likeness (QED) is 0.767. The van der Waals surface area contributed by atoms with Crippen LogP contribution in [-0.2, 0) is 0 Å². The third kappa shape index (κ3) is 9.44. The first-order valence-corrected chi connectivity index (χ1v) is 5.21. The van der Waals surface area contributed by atoms with Gasteiger partial charge in [-0.05, 0) is 18.4 Å². The van der Waals surface area contributed by atoms with E-state index in [9.17, 15) is 0 Å². The van der Waals surface area contributed by atoms with Crippen molar-refractivity contribution in [3.63, 3.8) is 0 Å². The van der Waals surface area contributed by atoms with Gasteiger partial charge in [0.2, 0.25) is 0 Å². The maximum Gasteiger partial charge on any atom is 0.0319 e. The fourth-order valence-electron chi connectivity index (χ4n) is 0.951. The highest BCUT2D eigenvalue weighted by Crippen LogP contribution is 2.13. The van der Waals surface area contributed by atoms with Crippen molar-refractivity contribution < 1.29 is 10.6 Å². The van der Waals surface area contributed by atoms with Gasteiger partial charge < -0.3 is 10.6 Å². The van der Waals surface area contributed by atoms with Gasteiger partial charge in [0.05, 0.1) is 0 Å². The summed E-state index contributed by atoms with van der Waals surface area (Å²) >= 11 is 0. The van der Waals surface area contributed by atoms with Crippen LogP contribution in [0.4, 0.5) is 0 Å². The summed E-state index contributed by atoms with van der Waals surface area (Å²) < 4.78 is 0. The molecule has 0 aliphatic rings. The number of aliphatic hydroxyl groups is 1. The minimum absolute atomic E-state index is 0. The Balaban J connectivity index is -0.000000258. The van der Waals surface area contributed by atoms with Crippen LogP contribution in [-0.4, -0.2) is 17.7 Å². The van der Waals surface area contributed by atoms with Crippen molar-refractivity contribution >= 4 is 0 Å². The third-order valence-electron chi connectivity index (χ3n) is 1.74. The van der Waals surface area contributed by atoms with E-state index in [-0.39, 0.29) is 5.48 Å². The van der Waals surface area contributed by atoms with Crippen LogP contribution in [0, 0.1) is 6.92 Å². The van der Waals surface area contributed by atoms with E-state index >= 15 is 0 Å². The van der Waals surface area contributed by atoms with Crippen molar-refractivity contribution in [2.45, 2.75) is 40.5 Å². The number of benzene rings is 1. The number of aliphatic hydroxyl groups excluding tert-OH is 1. The molecule has 0 atom stereocenters. The zero-order valence-electron chi connectivity index (χ0n) is 10.8. The molecule has 1 aromatic rings. The molecule has 0 radical (unpaired) electrons. The smallest absolute Gasteiger partial charge is 0.0319 e. The second kappa shape index (κ2) is 13.1. The molecule has 0 bridgehead atoms. The molecule has 2 heteroatoms. The van der Waals surface area contributed by atoms with Gasteiger partial charge in [0.25, 0.3) is 0 Å². The Labute approximate surface area is 94.3 Å². The predicted octanol–water partition coefficient (Wildman–Crippen LogP) is 2.93. The molecule has 0 saturated carbocycles. The molecular weight excluding hydrogens is 188 g/mol. The standard InChI is InChI=1S/C10H14.C2H6.CH4O.H2O/c1-8(2)10-6-4-9(3)5-7-10;2*1-2;/h4-8H,1-3H3;1-2H3;2H,1H3;1H2. The number of hydrogen-bond donors (Lipinski definition) is 1. The first-order chi connectivity index (χ1) is 6.70. The van der Waals surface area contributed by atoms with Gasteiger partial charge >= 0.3 is 0 Å². The van der Waals surface area contributed by atoms with E-state index in [1.807, 2.05) is 13.8 Å². The average Bonchev–Trinajstić information content (AvgIpc) is 2.24. The van der Waals surface area contributed by atoms with Gasteiger partial charge in [-0.3, -0.25) is 0 Å². The SMILES string of the molecule is CC.CO.Cc1ccc(C(C)C)cc1.O. The normalized spacial score (nSPS) is 7.73. The van der Waals surface area contributed by atoms with Crippen molar-refractivity contribution in [3.8, 4) is 0 Å². The van der Waals surface area contributed by atoms with Gasteiger partial charge in [0.1, 0.15) is 0 Å². The van der Waals surface area contributed by atoms with Crippen molar-refractivity contribution in [3.05, 3.63) is 35.4 Å².